The Morgan fingerprint density at radius 2 is 2.08 bits per heavy atom. The van der Waals surface area contributed by atoms with Crippen LogP contribution in [0.15, 0.2) is 47.1 Å². The smallest absolute Gasteiger partial charge is 0.306 e. The second-order valence-electron chi connectivity index (χ2n) is 5.29. The largest absolute Gasteiger partial charge is 0.494 e. The molecular formula is C18H21NO5. The van der Waals surface area contributed by atoms with E-state index in [-0.39, 0.29) is 25.5 Å². The Morgan fingerprint density at radius 1 is 1.21 bits per heavy atom. The average Bonchev–Trinajstić information content (AvgIpc) is 3.08. The van der Waals surface area contributed by atoms with E-state index in [2.05, 4.69) is 5.32 Å². The molecule has 0 bridgehead atoms. The van der Waals surface area contributed by atoms with Gasteiger partial charge in [-0.1, -0.05) is 12.1 Å². The Morgan fingerprint density at radius 3 is 2.83 bits per heavy atom. The molecule has 1 aromatic heterocycles. The number of benzene rings is 1. The molecule has 0 aliphatic carbocycles. The molecule has 0 saturated carbocycles. The van der Waals surface area contributed by atoms with E-state index < -0.39 is 5.97 Å². The van der Waals surface area contributed by atoms with Gasteiger partial charge in [-0.2, -0.15) is 0 Å². The lowest BCUT2D eigenvalue weighted by molar-refractivity contribution is -0.148. The van der Waals surface area contributed by atoms with Crippen LogP contribution in [0.2, 0.25) is 0 Å². The topological polar surface area (TPSA) is 77.8 Å². The first-order chi connectivity index (χ1) is 11.6. The predicted octanol–water partition coefficient (Wildman–Crippen LogP) is 2.61. The molecule has 0 spiro atoms. The van der Waals surface area contributed by atoms with Crippen LogP contribution in [0, 0.1) is 6.92 Å². The quantitative estimate of drug-likeness (QED) is 0.564. The summed E-state index contributed by atoms with van der Waals surface area (Å²) >= 11 is 0. The summed E-state index contributed by atoms with van der Waals surface area (Å²) < 4.78 is 15.5. The summed E-state index contributed by atoms with van der Waals surface area (Å²) in [5.74, 6) is 0.635. The van der Waals surface area contributed by atoms with Crippen molar-refractivity contribution >= 4 is 11.9 Å². The average molecular weight is 331 g/mol. The molecule has 1 amide bonds. The first-order valence-corrected chi connectivity index (χ1v) is 7.77. The summed E-state index contributed by atoms with van der Waals surface area (Å²) in [6, 6.07) is 11.2. The molecular weight excluding hydrogens is 310 g/mol. The van der Waals surface area contributed by atoms with E-state index in [9.17, 15) is 9.59 Å². The Hall–Kier alpha value is -2.76. The lowest BCUT2D eigenvalue weighted by Crippen LogP contribution is -2.28. The van der Waals surface area contributed by atoms with Crippen LogP contribution in [-0.4, -0.2) is 25.1 Å². The third-order valence-corrected chi connectivity index (χ3v) is 3.19. The number of aryl methyl sites for hydroxylation is 1. The van der Waals surface area contributed by atoms with Gasteiger partial charge in [0.2, 0.25) is 0 Å². The van der Waals surface area contributed by atoms with Gasteiger partial charge in [-0.25, -0.2) is 0 Å². The maximum absolute atomic E-state index is 11.6. The predicted molar refractivity (Wildman–Crippen MR) is 87.4 cm³/mol. The van der Waals surface area contributed by atoms with Gasteiger partial charge in [-0.05, 0) is 43.2 Å². The van der Waals surface area contributed by atoms with Gasteiger partial charge in [0.15, 0.2) is 6.61 Å². The van der Waals surface area contributed by atoms with Crippen LogP contribution in [0.4, 0.5) is 0 Å². The van der Waals surface area contributed by atoms with Crippen molar-refractivity contribution in [2.75, 3.05) is 13.2 Å². The van der Waals surface area contributed by atoms with E-state index in [0.717, 1.165) is 11.3 Å². The molecule has 0 saturated heterocycles. The van der Waals surface area contributed by atoms with Gasteiger partial charge in [-0.3, -0.25) is 9.59 Å². The molecule has 6 heteroatoms. The lowest BCUT2D eigenvalue weighted by atomic mass is 10.2. The summed E-state index contributed by atoms with van der Waals surface area (Å²) in [5.41, 5.74) is 1.12. The van der Waals surface area contributed by atoms with E-state index in [0.29, 0.717) is 18.8 Å². The van der Waals surface area contributed by atoms with Gasteiger partial charge >= 0.3 is 5.97 Å². The summed E-state index contributed by atoms with van der Waals surface area (Å²) in [4.78, 5) is 23.1. The highest BCUT2D eigenvalue weighted by molar-refractivity contribution is 5.80. The second-order valence-corrected chi connectivity index (χ2v) is 5.29. The van der Waals surface area contributed by atoms with Gasteiger partial charge < -0.3 is 19.2 Å². The van der Waals surface area contributed by atoms with Crippen LogP contribution in [0.5, 0.6) is 5.75 Å². The highest BCUT2D eigenvalue weighted by Gasteiger charge is 2.08. The van der Waals surface area contributed by atoms with E-state index in [1.54, 1.807) is 12.1 Å². The third-order valence-electron chi connectivity index (χ3n) is 3.19. The number of ether oxygens (including phenoxy) is 2. The number of furan rings is 1. The monoisotopic (exact) mass is 331 g/mol. The maximum atomic E-state index is 11.6. The molecule has 6 nitrogen and oxygen atoms in total. The van der Waals surface area contributed by atoms with Crippen molar-refractivity contribution in [2.24, 2.45) is 0 Å². The number of amides is 1. The Balaban J connectivity index is 1.53. The molecule has 1 N–H and O–H groups in total. The van der Waals surface area contributed by atoms with Crippen molar-refractivity contribution in [3.8, 4) is 5.75 Å². The maximum Gasteiger partial charge on any atom is 0.306 e. The van der Waals surface area contributed by atoms with Gasteiger partial charge in [0.05, 0.1) is 19.4 Å². The van der Waals surface area contributed by atoms with Gasteiger partial charge in [-0.15, -0.1) is 0 Å². The van der Waals surface area contributed by atoms with Crippen LogP contribution in [-0.2, 0) is 20.9 Å². The minimum atomic E-state index is -0.420. The number of carbonyl (C=O) groups is 2. The minimum absolute atomic E-state index is 0.206. The Kier molecular flexibility index (Phi) is 6.89. The summed E-state index contributed by atoms with van der Waals surface area (Å²) in [5, 5.41) is 2.60. The highest BCUT2D eigenvalue weighted by Crippen LogP contribution is 2.12. The molecule has 0 aliphatic rings. The first kappa shape index (κ1) is 17.6. The molecule has 1 aromatic carbocycles. The molecule has 0 atom stereocenters. The van der Waals surface area contributed by atoms with Crippen LogP contribution >= 0.6 is 0 Å². The molecule has 128 valence electrons. The molecule has 1 heterocycles. The molecule has 2 rings (SSSR count). The van der Waals surface area contributed by atoms with Crippen molar-refractivity contribution in [3.05, 3.63) is 54.0 Å². The van der Waals surface area contributed by atoms with Crippen molar-refractivity contribution in [2.45, 2.75) is 26.3 Å². The fraction of sp³-hybridized carbons (Fsp3) is 0.333. The van der Waals surface area contributed by atoms with Crippen LogP contribution in [0.3, 0.4) is 0 Å². The van der Waals surface area contributed by atoms with Gasteiger partial charge in [0.1, 0.15) is 11.5 Å². The highest BCUT2D eigenvalue weighted by atomic mass is 16.5. The number of rotatable bonds is 9. The van der Waals surface area contributed by atoms with E-state index >= 15 is 0 Å². The SMILES string of the molecule is Cc1cccc(OCCCC(=O)OCC(=O)NCc2ccco2)c1. The third kappa shape index (κ3) is 6.56. The van der Waals surface area contributed by atoms with Crippen LogP contribution < -0.4 is 10.1 Å². The van der Waals surface area contributed by atoms with E-state index in [1.807, 2.05) is 31.2 Å². The fourth-order valence-electron chi connectivity index (χ4n) is 1.98. The normalized spacial score (nSPS) is 10.2. The fourth-order valence-corrected chi connectivity index (χ4v) is 1.98. The summed E-state index contributed by atoms with van der Waals surface area (Å²) in [7, 11) is 0. The summed E-state index contributed by atoms with van der Waals surface area (Å²) in [6.07, 6.45) is 2.26. The zero-order valence-electron chi connectivity index (χ0n) is 13.6. The number of hydrogen-bond donors (Lipinski definition) is 1. The molecule has 24 heavy (non-hydrogen) atoms. The molecule has 2 aromatic rings. The van der Waals surface area contributed by atoms with Crippen molar-refractivity contribution in [3.63, 3.8) is 0 Å². The van der Waals surface area contributed by atoms with Gasteiger partial charge in [0.25, 0.3) is 5.91 Å². The first-order valence-electron chi connectivity index (χ1n) is 7.77. The zero-order chi connectivity index (χ0) is 17.2. The zero-order valence-corrected chi connectivity index (χ0v) is 13.6. The lowest BCUT2D eigenvalue weighted by Gasteiger charge is -2.07. The van der Waals surface area contributed by atoms with Crippen molar-refractivity contribution in [1.82, 2.24) is 5.32 Å². The molecule has 0 unspecified atom stereocenters. The number of esters is 1. The Bertz CT molecular complexity index is 651. The van der Waals surface area contributed by atoms with E-state index in [4.69, 9.17) is 13.9 Å². The van der Waals surface area contributed by atoms with Crippen LogP contribution in [0.1, 0.15) is 24.2 Å². The van der Waals surface area contributed by atoms with Crippen LogP contribution in [0.25, 0.3) is 0 Å². The summed E-state index contributed by atoms with van der Waals surface area (Å²) in [6.45, 7) is 2.39. The van der Waals surface area contributed by atoms with Crippen molar-refractivity contribution < 1.29 is 23.5 Å². The molecule has 0 fully saturated rings. The second kappa shape index (κ2) is 9.39. The molecule has 0 radical (unpaired) electrons. The standard InChI is InChI=1S/C18H21NO5/c1-14-5-2-6-15(11-14)22-10-4-8-18(21)24-13-17(20)19-12-16-7-3-9-23-16/h2-3,5-7,9,11H,4,8,10,12-13H2,1H3,(H,19,20). The van der Waals surface area contributed by atoms with E-state index in [1.165, 1.54) is 6.26 Å². The number of nitrogens with one attached hydrogen (secondary N) is 1. The van der Waals surface area contributed by atoms with Crippen molar-refractivity contribution in [1.29, 1.82) is 0 Å². The number of hydrogen-bond acceptors (Lipinski definition) is 5. The number of carbonyl (C=O) groups excluding carboxylic acids is 2. The minimum Gasteiger partial charge on any atom is -0.494 e. The molecule has 0 aliphatic heterocycles. The van der Waals surface area contributed by atoms with Gasteiger partial charge in [0, 0.05) is 6.42 Å². The Labute approximate surface area is 140 Å².